The number of halogens is 2. The first-order valence-electron chi connectivity index (χ1n) is 5.77. The molecule has 20 heavy (non-hydrogen) atoms. The summed E-state index contributed by atoms with van der Waals surface area (Å²) in [6.45, 7) is 0. The number of hydrogen-bond donors (Lipinski definition) is 1. The summed E-state index contributed by atoms with van der Waals surface area (Å²) in [5, 5.41) is 10.7. The second kappa shape index (κ2) is 5.21. The fourth-order valence-corrected chi connectivity index (χ4v) is 2.70. The molecular weight excluding hydrogens is 435 g/mol. The largest absolute Gasteiger partial charge is 0.504 e. The van der Waals surface area contributed by atoms with Crippen molar-refractivity contribution < 1.29 is 14.3 Å². The van der Waals surface area contributed by atoms with Crippen LogP contribution in [0.25, 0.3) is 11.0 Å². The molecule has 0 spiro atoms. The Morgan fingerprint density at radius 3 is 2.55 bits per heavy atom. The van der Waals surface area contributed by atoms with E-state index < -0.39 is 0 Å². The van der Waals surface area contributed by atoms with Crippen molar-refractivity contribution in [2.24, 2.45) is 0 Å². The van der Waals surface area contributed by atoms with E-state index in [9.17, 15) is 9.90 Å². The first-order valence-corrected chi connectivity index (χ1v) is 7.65. The van der Waals surface area contributed by atoms with Gasteiger partial charge in [-0.15, -0.1) is 0 Å². The maximum absolute atomic E-state index is 12.4. The quantitative estimate of drug-likeness (QED) is 0.460. The van der Waals surface area contributed by atoms with Gasteiger partial charge in [0.2, 0.25) is 11.5 Å². The zero-order valence-electron chi connectivity index (χ0n) is 10.1. The van der Waals surface area contributed by atoms with Gasteiger partial charge in [-0.05, 0) is 65.1 Å². The lowest BCUT2D eigenvalue weighted by atomic mass is 10.1. The van der Waals surface area contributed by atoms with Crippen molar-refractivity contribution in [1.29, 1.82) is 0 Å². The van der Waals surface area contributed by atoms with E-state index in [2.05, 4.69) is 38.5 Å². The third-order valence-corrected chi connectivity index (χ3v) is 4.14. The van der Waals surface area contributed by atoms with Crippen molar-refractivity contribution in [3.8, 4) is 5.75 Å². The molecule has 0 radical (unpaired) electrons. The van der Waals surface area contributed by atoms with Crippen LogP contribution in [-0.4, -0.2) is 10.9 Å². The third-order valence-electron chi connectivity index (χ3n) is 2.94. The molecule has 0 aliphatic rings. The van der Waals surface area contributed by atoms with E-state index in [0.29, 0.717) is 16.5 Å². The Morgan fingerprint density at radius 2 is 1.85 bits per heavy atom. The average Bonchev–Trinajstić information content (AvgIpc) is 2.76. The zero-order valence-corrected chi connectivity index (χ0v) is 13.8. The van der Waals surface area contributed by atoms with Crippen LogP contribution in [0.5, 0.6) is 5.75 Å². The van der Waals surface area contributed by atoms with Crippen LogP contribution in [0.3, 0.4) is 0 Å². The van der Waals surface area contributed by atoms with Crippen LogP contribution in [0, 0.1) is 3.57 Å². The first-order chi connectivity index (χ1) is 9.56. The van der Waals surface area contributed by atoms with Gasteiger partial charge in [0.25, 0.3) is 0 Å². The Balaban J connectivity index is 2.12. The summed E-state index contributed by atoms with van der Waals surface area (Å²) in [5.41, 5.74) is 0.973. The van der Waals surface area contributed by atoms with Gasteiger partial charge in [0.05, 0.1) is 5.39 Å². The number of rotatable bonds is 2. The Bertz CT molecular complexity index is 806. The summed E-state index contributed by atoms with van der Waals surface area (Å²) >= 11 is 5.46. The third kappa shape index (κ3) is 2.35. The minimum Gasteiger partial charge on any atom is -0.504 e. The summed E-state index contributed by atoms with van der Waals surface area (Å²) in [4.78, 5) is 12.4. The Hall–Kier alpha value is -1.34. The molecule has 3 nitrogen and oxygen atoms in total. The molecule has 0 bridgehead atoms. The van der Waals surface area contributed by atoms with Crippen LogP contribution in [0.15, 0.2) is 51.4 Å². The fraction of sp³-hybridized carbons (Fsp3) is 0. The average molecular weight is 443 g/mol. The predicted molar refractivity (Wildman–Crippen MR) is 88.2 cm³/mol. The van der Waals surface area contributed by atoms with Crippen molar-refractivity contribution in [3.05, 3.63) is 61.8 Å². The van der Waals surface area contributed by atoms with Gasteiger partial charge in [0.1, 0.15) is 5.58 Å². The van der Waals surface area contributed by atoms with Crippen molar-refractivity contribution in [2.75, 3.05) is 0 Å². The molecule has 0 fully saturated rings. The van der Waals surface area contributed by atoms with Crippen molar-refractivity contribution in [1.82, 2.24) is 0 Å². The van der Waals surface area contributed by atoms with Gasteiger partial charge in [-0.2, -0.15) is 0 Å². The summed E-state index contributed by atoms with van der Waals surface area (Å²) in [6, 6.07) is 12.3. The van der Waals surface area contributed by atoms with E-state index in [4.69, 9.17) is 4.42 Å². The van der Waals surface area contributed by atoms with Crippen LogP contribution >= 0.6 is 38.5 Å². The van der Waals surface area contributed by atoms with Gasteiger partial charge < -0.3 is 9.52 Å². The van der Waals surface area contributed by atoms with Crippen LogP contribution in [0.2, 0.25) is 0 Å². The number of carbonyl (C=O) groups excluding carboxylic acids is 1. The van der Waals surface area contributed by atoms with E-state index in [1.54, 1.807) is 36.4 Å². The summed E-state index contributed by atoms with van der Waals surface area (Å²) in [5.74, 6) is -0.461. The molecule has 2 aromatic carbocycles. The van der Waals surface area contributed by atoms with E-state index in [1.165, 1.54) is 0 Å². The number of hydrogen-bond acceptors (Lipinski definition) is 3. The van der Waals surface area contributed by atoms with Crippen LogP contribution in [0.1, 0.15) is 16.1 Å². The van der Waals surface area contributed by atoms with Crippen LogP contribution in [-0.2, 0) is 0 Å². The first kappa shape index (κ1) is 13.6. The maximum atomic E-state index is 12.4. The molecule has 0 unspecified atom stereocenters. The number of benzene rings is 2. The number of carbonyl (C=O) groups is 1. The summed E-state index contributed by atoms with van der Waals surface area (Å²) in [7, 11) is 0. The van der Waals surface area contributed by atoms with Crippen LogP contribution in [0.4, 0.5) is 0 Å². The second-order valence-corrected chi connectivity index (χ2v) is 6.42. The minimum atomic E-state index is -0.332. The maximum Gasteiger partial charge on any atom is 0.232 e. The van der Waals surface area contributed by atoms with Gasteiger partial charge in [-0.25, -0.2) is 0 Å². The zero-order chi connectivity index (χ0) is 14.3. The van der Waals surface area contributed by atoms with Gasteiger partial charge in [-0.3, -0.25) is 4.79 Å². The van der Waals surface area contributed by atoms with Crippen LogP contribution < -0.4 is 0 Å². The highest BCUT2D eigenvalue weighted by atomic mass is 127. The van der Waals surface area contributed by atoms with E-state index in [0.717, 1.165) is 8.04 Å². The van der Waals surface area contributed by atoms with Gasteiger partial charge in [0.15, 0.2) is 5.75 Å². The number of fused-ring (bicyclic) bond motifs is 1. The lowest BCUT2D eigenvalue weighted by Gasteiger charge is -1.98. The highest BCUT2D eigenvalue weighted by Gasteiger charge is 2.21. The molecule has 1 aromatic heterocycles. The van der Waals surface area contributed by atoms with E-state index in [-0.39, 0.29) is 17.3 Å². The standard InChI is InChI=1S/C15H8BrIO3/c16-9-3-1-8(2-4-9)13(18)15-14(19)11-7-10(17)5-6-12(11)20-15/h1-7,19H. The van der Waals surface area contributed by atoms with Gasteiger partial charge >= 0.3 is 0 Å². The van der Waals surface area contributed by atoms with E-state index in [1.807, 2.05) is 6.07 Å². The monoisotopic (exact) mass is 442 g/mol. The molecule has 3 aromatic rings. The van der Waals surface area contributed by atoms with Crippen molar-refractivity contribution in [3.63, 3.8) is 0 Å². The normalized spacial score (nSPS) is 10.9. The molecule has 0 saturated heterocycles. The molecule has 0 aliphatic heterocycles. The highest BCUT2D eigenvalue weighted by Crippen LogP contribution is 2.34. The smallest absolute Gasteiger partial charge is 0.232 e. The molecule has 0 amide bonds. The number of furan rings is 1. The lowest BCUT2D eigenvalue weighted by Crippen LogP contribution is -1.99. The molecule has 100 valence electrons. The number of aromatic hydroxyl groups is 1. The van der Waals surface area contributed by atoms with Gasteiger partial charge in [-0.1, -0.05) is 15.9 Å². The molecule has 1 heterocycles. The fourth-order valence-electron chi connectivity index (χ4n) is 1.94. The topological polar surface area (TPSA) is 50.4 Å². The second-order valence-electron chi connectivity index (χ2n) is 4.26. The summed E-state index contributed by atoms with van der Waals surface area (Å²) in [6.07, 6.45) is 0. The molecule has 1 N–H and O–H groups in total. The highest BCUT2D eigenvalue weighted by molar-refractivity contribution is 14.1. The predicted octanol–water partition coefficient (Wildman–Crippen LogP) is 4.74. The Labute approximate surface area is 136 Å². The molecule has 0 saturated carbocycles. The Morgan fingerprint density at radius 1 is 1.15 bits per heavy atom. The molecular formula is C15H8BrIO3. The SMILES string of the molecule is O=C(c1ccc(Br)cc1)c1oc2ccc(I)cc2c1O. The molecule has 5 heteroatoms. The van der Waals surface area contributed by atoms with Crippen molar-refractivity contribution in [2.45, 2.75) is 0 Å². The van der Waals surface area contributed by atoms with E-state index >= 15 is 0 Å². The van der Waals surface area contributed by atoms with Gasteiger partial charge in [0, 0.05) is 13.6 Å². The molecule has 0 atom stereocenters. The lowest BCUT2D eigenvalue weighted by molar-refractivity contribution is 0.101. The molecule has 0 aliphatic carbocycles. The number of ketones is 1. The van der Waals surface area contributed by atoms with Crippen molar-refractivity contribution >= 4 is 55.3 Å². The minimum absolute atomic E-state index is 0.0238. The molecule has 3 rings (SSSR count). The summed E-state index contributed by atoms with van der Waals surface area (Å²) < 4.78 is 7.34. The Kier molecular flexibility index (Phi) is 3.55.